The topological polar surface area (TPSA) is 29.9 Å². The Balaban J connectivity index is 1.84. The standard InChI is InChI=1S/C18H25N3/c1-4-21-17(10-13(2)20-21)12-18(19-3)16-9-8-14-6-5-7-15(14)11-16/h8-11,18-19H,4-7,12H2,1-3H3. The quantitative estimate of drug-likeness (QED) is 0.913. The highest BCUT2D eigenvalue weighted by Gasteiger charge is 2.17. The maximum absolute atomic E-state index is 4.56. The number of hydrogen-bond acceptors (Lipinski definition) is 2. The van der Waals surface area contributed by atoms with Crippen LogP contribution in [0.15, 0.2) is 24.3 Å². The Hall–Kier alpha value is -1.61. The zero-order chi connectivity index (χ0) is 14.8. The van der Waals surface area contributed by atoms with Crippen LogP contribution in [0.3, 0.4) is 0 Å². The molecule has 0 fully saturated rings. The summed E-state index contributed by atoms with van der Waals surface area (Å²) < 4.78 is 2.12. The highest BCUT2D eigenvalue weighted by atomic mass is 15.3. The van der Waals surface area contributed by atoms with E-state index in [9.17, 15) is 0 Å². The second-order valence-corrected chi connectivity index (χ2v) is 6.02. The van der Waals surface area contributed by atoms with Crippen molar-refractivity contribution in [2.75, 3.05) is 7.05 Å². The molecule has 1 aromatic carbocycles. The Morgan fingerprint density at radius 1 is 1.24 bits per heavy atom. The van der Waals surface area contributed by atoms with Crippen molar-refractivity contribution in [1.29, 1.82) is 0 Å². The van der Waals surface area contributed by atoms with Crippen LogP contribution in [0.2, 0.25) is 0 Å². The van der Waals surface area contributed by atoms with Crippen molar-refractivity contribution in [1.82, 2.24) is 15.1 Å². The highest BCUT2D eigenvalue weighted by molar-refractivity contribution is 5.37. The van der Waals surface area contributed by atoms with Gasteiger partial charge < -0.3 is 5.32 Å². The number of hydrogen-bond donors (Lipinski definition) is 1. The van der Waals surface area contributed by atoms with E-state index in [0.29, 0.717) is 6.04 Å². The third-order valence-corrected chi connectivity index (χ3v) is 4.57. The number of aromatic nitrogens is 2. The second kappa shape index (κ2) is 6.02. The molecule has 112 valence electrons. The van der Waals surface area contributed by atoms with E-state index >= 15 is 0 Å². The Morgan fingerprint density at radius 2 is 2.05 bits per heavy atom. The molecule has 0 amide bonds. The highest BCUT2D eigenvalue weighted by Crippen LogP contribution is 2.27. The Labute approximate surface area is 127 Å². The van der Waals surface area contributed by atoms with E-state index in [0.717, 1.165) is 18.7 Å². The van der Waals surface area contributed by atoms with Gasteiger partial charge >= 0.3 is 0 Å². The molecular weight excluding hydrogens is 258 g/mol. The molecule has 1 N–H and O–H groups in total. The van der Waals surface area contributed by atoms with Crippen molar-refractivity contribution in [3.05, 3.63) is 52.3 Å². The number of aryl methyl sites for hydroxylation is 4. The van der Waals surface area contributed by atoms with Crippen molar-refractivity contribution in [3.63, 3.8) is 0 Å². The van der Waals surface area contributed by atoms with Gasteiger partial charge in [0.15, 0.2) is 0 Å². The summed E-state index contributed by atoms with van der Waals surface area (Å²) in [5.74, 6) is 0. The molecule has 1 aliphatic carbocycles. The van der Waals surface area contributed by atoms with Crippen LogP contribution in [0, 0.1) is 6.92 Å². The fourth-order valence-electron chi connectivity index (χ4n) is 3.44. The SMILES string of the molecule is CCn1nc(C)cc1CC(NC)c1ccc2c(c1)CCC2. The van der Waals surface area contributed by atoms with Gasteiger partial charge in [0.05, 0.1) is 5.69 Å². The van der Waals surface area contributed by atoms with E-state index in [2.05, 4.69) is 60.3 Å². The van der Waals surface area contributed by atoms with E-state index < -0.39 is 0 Å². The molecule has 1 heterocycles. The summed E-state index contributed by atoms with van der Waals surface area (Å²) in [7, 11) is 2.05. The molecular formula is C18H25N3. The lowest BCUT2D eigenvalue weighted by Crippen LogP contribution is -2.20. The number of nitrogens with zero attached hydrogens (tertiary/aromatic N) is 2. The van der Waals surface area contributed by atoms with Crippen LogP contribution in [0.5, 0.6) is 0 Å². The van der Waals surface area contributed by atoms with Crippen LogP contribution in [-0.2, 0) is 25.8 Å². The summed E-state index contributed by atoms with van der Waals surface area (Å²) in [5, 5.41) is 8.03. The number of nitrogens with one attached hydrogen (secondary N) is 1. The van der Waals surface area contributed by atoms with Gasteiger partial charge in [-0.05, 0) is 62.9 Å². The van der Waals surface area contributed by atoms with Crippen LogP contribution >= 0.6 is 0 Å². The van der Waals surface area contributed by atoms with Gasteiger partial charge in [-0.2, -0.15) is 5.10 Å². The minimum Gasteiger partial charge on any atom is -0.313 e. The molecule has 1 aliphatic rings. The Morgan fingerprint density at radius 3 is 2.81 bits per heavy atom. The normalized spacial score (nSPS) is 15.2. The van der Waals surface area contributed by atoms with E-state index in [-0.39, 0.29) is 0 Å². The van der Waals surface area contributed by atoms with E-state index in [1.165, 1.54) is 30.5 Å². The molecule has 0 saturated carbocycles. The first kappa shape index (κ1) is 14.3. The predicted octanol–water partition coefficient (Wildman–Crippen LogP) is 3.20. The molecule has 3 nitrogen and oxygen atoms in total. The molecule has 0 radical (unpaired) electrons. The van der Waals surface area contributed by atoms with Crippen molar-refractivity contribution in [2.24, 2.45) is 0 Å². The molecule has 0 spiro atoms. The lowest BCUT2D eigenvalue weighted by Gasteiger charge is -2.18. The molecule has 3 heteroatoms. The molecule has 2 aromatic rings. The molecule has 0 bridgehead atoms. The molecule has 21 heavy (non-hydrogen) atoms. The zero-order valence-electron chi connectivity index (χ0n) is 13.3. The largest absolute Gasteiger partial charge is 0.313 e. The summed E-state index contributed by atoms with van der Waals surface area (Å²) in [6, 6.07) is 9.59. The van der Waals surface area contributed by atoms with Gasteiger partial charge in [0.2, 0.25) is 0 Å². The number of fused-ring (bicyclic) bond motifs is 1. The average molecular weight is 283 g/mol. The summed E-state index contributed by atoms with van der Waals surface area (Å²) in [6.07, 6.45) is 4.79. The van der Waals surface area contributed by atoms with E-state index in [1.54, 1.807) is 11.1 Å². The third-order valence-electron chi connectivity index (χ3n) is 4.57. The first-order valence-electron chi connectivity index (χ1n) is 8.03. The maximum atomic E-state index is 4.56. The van der Waals surface area contributed by atoms with Gasteiger partial charge in [0.25, 0.3) is 0 Å². The van der Waals surface area contributed by atoms with Crippen molar-refractivity contribution >= 4 is 0 Å². The summed E-state index contributed by atoms with van der Waals surface area (Å²) in [5.41, 5.74) is 6.92. The predicted molar refractivity (Wildman–Crippen MR) is 86.6 cm³/mol. The maximum Gasteiger partial charge on any atom is 0.0596 e. The summed E-state index contributed by atoms with van der Waals surface area (Å²) in [4.78, 5) is 0. The average Bonchev–Trinajstić information content (AvgIpc) is 3.09. The number of likely N-dealkylation sites (N-methyl/N-ethyl adjacent to an activating group) is 1. The number of benzene rings is 1. The van der Waals surface area contributed by atoms with E-state index in [4.69, 9.17) is 0 Å². The van der Waals surface area contributed by atoms with Crippen LogP contribution in [0.4, 0.5) is 0 Å². The zero-order valence-corrected chi connectivity index (χ0v) is 13.3. The molecule has 3 rings (SSSR count). The van der Waals surface area contributed by atoms with E-state index in [1.807, 2.05) is 0 Å². The summed E-state index contributed by atoms with van der Waals surface area (Å²) in [6.45, 7) is 5.16. The van der Waals surface area contributed by atoms with Crippen molar-refractivity contribution in [2.45, 2.75) is 52.1 Å². The Bertz CT molecular complexity index is 627. The minimum absolute atomic E-state index is 0.359. The fourth-order valence-corrected chi connectivity index (χ4v) is 3.44. The molecule has 1 atom stereocenters. The van der Waals surface area contributed by atoms with Crippen LogP contribution in [0.25, 0.3) is 0 Å². The first-order valence-corrected chi connectivity index (χ1v) is 8.03. The van der Waals surface area contributed by atoms with Gasteiger partial charge in [0, 0.05) is 24.7 Å². The van der Waals surface area contributed by atoms with Crippen LogP contribution < -0.4 is 5.32 Å². The molecule has 1 unspecified atom stereocenters. The second-order valence-electron chi connectivity index (χ2n) is 6.02. The lowest BCUT2D eigenvalue weighted by molar-refractivity contribution is 0.540. The van der Waals surface area contributed by atoms with Gasteiger partial charge in [-0.1, -0.05) is 18.2 Å². The first-order chi connectivity index (χ1) is 10.2. The molecule has 1 aromatic heterocycles. The smallest absolute Gasteiger partial charge is 0.0596 e. The third kappa shape index (κ3) is 2.88. The fraction of sp³-hybridized carbons (Fsp3) is 0.500. The van der Waals surface area contributed by atoms with Crippen molar-refractivity contribution in [3.8, 4) is 0 Å². The van der Waals surface area contributed by atoms with Gasteiger partial charge in [-0.25, -0.2) is 0 Å². The molecule has 0 aliphatic heterocycles. The van der Waals surface area contributed by atoms with Crippen molar-refractivity contribution < 1.29 is 0 Å². The number of rotatable bonds is 5. The molecule has 0 saturated heterocycles. The van der Waals surface area contributed by atoms with Gasteiger partial charge in [-0.15, -0.1) is 0 Å². The minimum atomic E-state index is 0.359. The lowest BCUT2D eigenvalue weighted by atomic mass is 9.98. The van der Waals surface area contributed by atoms with Crippen LogP contribution in [0.1, 0.15) is 47.5 Å². The summed E-state index contributed by atoms with van der Waals surface area (Å²) >= 11 is 0. The monoisotopic (exact) mass is 283 g/mol. The van der Waals surface area contributed by atoms with Gasteiger partial charge in [-0.3, -0.25) is 4.68 Å². The Kier molecular flexibility index (Phi) is 4.11. The van der Waals surface area contributed by atoms with Gasteiger partial charge in [0.1, 0.15) is 0 Å². The van der Waals surface area contributed by atoms with Crippen LogP contribution in [-0.4, -0.2) is 16.8 Å².